The molecule has 0 atom stereocenters. The minimum Gasteiger partial charge on any atom is -0.308 e. The number of nitrogens with zero attached hydrogens (tertiary/aromatic N) is 1. The maximum absolute atomic E-state index is 6.19. The van der Waals surface area contributed by atoms with Gasteiger partial charge < -0.3 is 5.43 Å². The van der Waals surface area contributed by atoms with Crippen LogP contribution in [0.4, 0.5) is 5.82 Å². The highest BCUT2D eigenvalue weighted by Gasteiger charge is 2.20. The molecule has 18 heavy (non-hydrogen) atoms. The minimum atomic E-state index is -0.0301. The summed E-state index contributed by atoms with van der Waals surface area (Å²) in [5.74, 6) is 6.25. The number of nitrogens with two attached hydrogens (primary N) is 1. The van der Waals surface area contributed by atoms with E-state index < -0.39 is 0 Å². The predicted molar refractivity (Wildman–Crippen MR) is 78.0 cm³/mol. The molecule has 3 nitrogen and oxygen atoms in total. The number of hydrazine groups is 1. The summed E-state index contributed by atoms with van der Waals surface area (Å²) in [4.78, 5) is 4.55. The maximum atomic E-state index is 6.19. The molecule has 0 saturated carbocycles. The van der Waals surface area contributed by atoms with Crippen molar-refractivity contribution in [2.75, 3.05) is 5.43 Å². The van der Waals surface area contributed by atoms with Gasteiger partial charge in [0.15, 0.2) is 0 Å². The predicted octanol–water partition coefficient (Wildman–Crippen LogP) is 3.78. The first-order chi connectivity index (χ1) is 8.34. The van der Waals surface area contributed by atoms with Crippen molar-refractivity contribution in [1.82, 2.24) is 4.98 Å². The topological polar surface area (TPSA) is 50.9 Å². The number of halogens is 1. The van der Waals surface area contributed by atoms with Gasteiger partial charge in [-0.05, 0) is 30.0 Å². The fraction of sp³-hybridized carbons (Fsp3) is 0.357. The van der Waals surface area contributed by atoms with Gasteiger partial charge in [-0.15, -0.1) is 0 Å². The van der Waals surface area contributed by atoms with Gasteiger partial charge in [0, 0.05) is 10.9 Å². The highest BCUT2D eigenvalue weighted by atomic mass is 35.5. The fourth-order valence-corrected chi connectivity index (χ4v) is 2.25. The molecular weight excluding hydrogens is 246 g/mol. The lowest BCUT2D eigenvalue weighted by Crippen LogP contribution is -2.19. The van der Waals surface area contributed by atoms with Crippen LogP contribution in [0.5, 0.6) is 0 Å². The first-order valence-corrected chi connectivity index (χ1v) is 6.29. The van der Waals surface area contributed by atoms with E-state index in [1.807, 2.05) is 12.1 Å². The third kappa shape index (κ3) is 2.16. The zero-order chi connectivity index (χ0) is 13.5. The first kappa shape index (κ1) is 13.1. The average Bonchev–Trinajstić information content (AvgIpc) is 2.31. The second-order valence-corrected chi connectivity index (χ2v) is 5.95. The van der Waals surface area contributed by atoms with E-state index in [1.54, 1.807) is 0 Å². The Morgan fingerprint density at radius 3 is 2.50 bits per heavy atom. The van der Waals surface area contributed by atoms with Crippen LogP contribution in [0.25, 0.3) is 10.9 Å². The molecule has 0 aliphatic rings. The lowest BCUT2D eigenvalue weighted by Gasteiger charge is -2.23. The van der Waals surface area contributed by atoms with Crippen molar-refractivity contribution in [2.24, 2.45) is 5.84 Å². The molecule has 0 saturated heterocycles. The number of hydrogen-bond acceptors (Lipinski definition) is 3. The Labute approximate surface area is 112 Å². The zero-order valence-corrected chi connectivity index (χ0v) is 11.9. The van der Waals surface area contributed by atoms with Crippen LogP contribution < -0.4 is 11.3 Å². The van der Waals surface area contributed by atoms with Crippen molar-refractivity contribution in [3.63, 3.8) is 0 Å². The van der Waals surface area contributed by atoms with Crippen LogP contribution in [-0.4, -0.2) is 4.98 Å². The first-order valence-electron chi connectivity index (χ1n) is 5.91. The molecule has 0 unspecified atom stereocenters. The Morgan fingerprint density at radius 1 is 1.28 bits per heavy atom. The van der Waals surface area contributed by atoms with Crippen molar-refractivity contribution >= 4 is 28.3 Å². The van der Waals surface area contributed by atoms with E-state index in [0.29, 0.717) is 10.8 Å². The highest BCUT2D eigenvalue weighted by Crippen LogP contribution is 2.34. The van der Waals surface area contributed by atoms with Crippen molar-refractivity contribution in [3.05, 3.63) is 34.3 Å². The molecule has 0 bridgehead atoms. The molecule has 96 valence electrons. The van der Waals surface area contributed by atoms with Gasteiger partial charge in [0.1, 0.15) is 5.82 Å². The number of pyridine rings is 1. The van der Waals surface area contributed by atoms with Gasteiger partial charge in [-0.25, -0.2) is 10.8 Å². The number of nitrogen functional groups attached to an aromatic ring is 1. The number of fused-ring (bicyclic) bond motifs is 1. The summed E-state index contributed by atoms with van der Waals surface area (Å²) in [6.45, 7) is 8.46. The quantitative estimate of drug-likeness (QED) is 0.608. The summed E-state index contributed by atoms with van der Waals surface area (Å²) >= 11 is 6.19. The van der Waals surface area contributed by atoms with Gasteiger partial charge in [-0.3, -0.25) is 0 Å². The molecule has 2 aromatic rings. The number of rotatable bonds is 1. The van der Waals surface area contributed by atoms with Crippen molar-refractivity contribution in [2.45, 2.75) is 33.1 Å². The van der Waals surface area contributed by atoms with Gasteiger partial charge in [-0.2, -0.15) is 0 Å². The fourth-order valence-electron chi connectivity index (χ4n) is 2.04. The molecule has 0 radical (unpaired) electrons. The van der Waals surface area contributed by atoms with Crippen LogP contribution in [0.15, 0.2) is 18.2 Å². The lowest BCUT2D eigenvalue weighted by molar-refractivity contribution is 0.590. The van der Waals surface area contributed by atoms with Crippen molar-refractivity contribution in [1.29, 1.82) is 0 Å². The van der Waals surface area contributed by atoms with Crippen LogP contribution in [0.2, 0.25) is 5.02 Å². The molecule has 1 aromatic carbocycles. The molecule has 0 spiro atoms. The van der Waals surface area contributed by atoms with E-state index >= 15 is 0 Å². The Morgan fingerprint density at radius 2 is 1.94 bits per heavy atom. The number of benzene rings is 1. The minimum absolute atomic E-state index is 0.0301. The molecular formula is C14H18ClN3. The Bertz CT molecular complexity index is 600. The van der Waals surface area contributed by atoms with E-state index in [2.05, 4.69) is 44.2 Å². The third-order valence-corrected chi connectivity index (χ3v) is 3.40. The average molecular weight is 264 g/mol. The Hall–Kier alpha value is -1.32. The normalized spacial score (nSPS) is 11.9. The van der Waals surface area contributed by atoms with Crippen molar-refractivity contribution in [3.8, 4) is 0 Å². The molecule has 0 amide bonds. The van der Waals surface area contributed by atoms with E-state index in [9.17, 15) is 0 Å². The number of anilines is 1. The van der Waals surface area contributed by atoms with Gasteiger partial charge >= 0.3 is 0 Å². The van der Waals surface area contributed by atoms with E-state index in [4.69, 9.17) is 17.4 Å². The smallest absolute Gasteiger partial charge is 0.144 e. The Kier molecular flexibility index (Phi) is 3.21. The lowest BCUT2D eigenvalue weighted by atomic mass is 9.86. The van der Waals surface area contributed by atoms with E-state index in [0.717, 1.165) is 22.0 Å². The molecule has 2 rings (SSSR count). The van der Waals surface area contributed by atoms with E-state index in [-0.39, 0.29) is 5.41 Å². The molecule has 0 aliphatic heterocycles. The summed E-state index contributed by atoms with van der Waals surface area (Å²) in [6, 6.07) is 6.00. The largest absolute Gasteiger partial charge is 0.308 e. The van der Waals surface area contributed by atoms with Crippen LogP contribution in [0, 0.1) is 6.92 Å². The number of aryl methyl sites for hydroxylation is 1. The molecule has 1 aromatic heterocycles. The molecule has 3 N–H and O–H groups in total. The molecule has 4 heteroatoms. The maximum Gasteiger partial charge on any atom is 0.144 e. The van der Waals surface area contributed by atoms with Gasteiger partial charge in [0.05, 0.1) is 10.5 Å². The van der Waals surface area contributed by atoms with Gasteiger partial charge in [0.25, 0.3) is 0 Å². The summed E-state index contributed by atoms with van der Waals surface area (Å²) in [5, 5.41) is 1.72. The van der Waals surface area contributed by atoms with Gasteiger partial charge in [0.2, 0.25) is 0 Å². The number of aromatic nitrogens is 1. The number of nitrogens with one attached hydrogen (secondary N) is 1. The zero-order valence-electron chi connectivity index (χ0n) is 11.1. The Balaban J connectivity index is 2.86. The standard InChI is InChI=1S/C14H18ClN3/c1-8-5-6-11(15)12-9(8)7-10(14(2,3)4)13(17-12)18-16/h5-7H,16H2,1-4H3,(H,17,18). The summed E-state index contributed by atoms with van der Waals surface area (Å²) in [6.07, 6.45) is 0. The number of hydrogen-bond donors (Lipinski definition) is 2. The van der Waals surface area contributed by atoms with Gasteiger partial charge in [-0.1, -0.05) is 38.4 Å². The van der Waals surface area contributed by atoms with E-state index in [1.165, 1.54) is 0 Å². The SMILES string of the molecule is Cc1ccc(Cl)c2nc(NN)c(C(C)(C)C)cc12. The highest BCUT2D eigenvalue weighted by molar-refractivity contribution is 6.35. The molecule has 0 fully saturated rings. The summed E-state index contributed by atoms with van der Waals surface area (Å²) in [5.41, 5.74) is 5.68. The molecule has 1 heterocycles. The molecule has 0 aliphatic carbocycles. The summed E-state index contributed by atoms with van der Waals surface area (Å²) < 4.78 is 0. The third-order valence-electron chi connectivity index (χ3n) is 3.10. The van der Waals surface area contributed by atoms with Crippen molar-refractivity contribution < 1.29 is 0 Å². The van der Waals surface area contributed by atoms with Crippen LogP contribution in [0.3, 0.4) is 0 Å². The van der Waals surface area contributed by atoms with Crippen LogP contribution in [0.1, 0.15) is 31.9 Å². The van der Waals surface area contributed by atoms with Crippen LogP contribution in [-0.2, 0) is 5.41 Å². The monoisotopic (exact) mass is 263 g/mol. The second-order valence-electron chi connectivity index (χ2n) is 5.54. The summed E-state index contributed by atoms with van der Waals surface area (Å²) in [7, 11) is 0. The second kappa shape index (κ2) is 4.41. The van der Waals surface area contributed by atoms with Crippen LogP contribution >= 0.6 is 11.6 Å².